The summed E-state index contributed by atoms with van der Waals surface area (Å²) in [6, 6.07) is 17.0. The summed E-state index contributed by atoms with van der Waals surface area (Å²) in [5.74, 6) is 0.00929. The first-order chi connectivity index (χ1) is 12.2. The molecule has 0 aromatic heterocycles. The zero-order chi connectivity index (χ0) is 17.9. The predicted molar refractivity (Wildman–Crippen MR) is 103 cm³/mol. The van der Waals surface area contributed by atoms with Crippen molar-refractivity contribution in [1.82, 2.24) is 0 Å². The van der Waals surface area contributed by atoms with Crippen LogP contribution in [-0.2, 0) is 9.59 Å². The Kier molecular flexibility index (Phi) is 7.50. The highest BCUT2D eigenvalue weighted by Crippen LogP contribution is 2.20. The molecule has 2 amide bonds. The van der Waals surface area contributed by atoms with Crippen LogP contribution in [0.25, 0.3) is 0 Å². The number of rotatable bonds is 9. The molecule has 0 aliphatic rings. The molecule has 3 N–H and O–H groups in total. The van der Waals surface area contributed by atoms with Crippen LogP contribution in [0.2, 0.25) is 0 Å². The van der Waals surface area contributed by atoms with Gasteiger partial charge in [0.05, 0.1) is 11.4 Å². The molecular weight excluding hydrogens is 314 g/mol. The number of benzene rings is 2. The number of nitrogens with one attached hydrogen (secondary N) is 3. The van der Waals surface area contributed by atoms with E-state index in [0.717, 1.165) is 36.3 Å². The largest absolute Gasteiger partial charge is 0.386 e. The van der Waals surface area contributed by atoms with Gasteiger partial charge in [-0.15, -0.1) is 0 Å². The van der Waals surface area contributed by atoms with Crippen molar-refractivity contribution in [1.29, 1.82) is 0 Å². The molecule has 5 heteroatoms. The predicted octanol–water partition coefficient (Wildman–Crippen LogP) is 4.26. The van der Waals surface area contributed by atoms with Crippen LogP contribution in [0.15, 0.2) is 54.6 Å². The molecule has 0 atom stereocenters. The first kappa shape index (κ1) is 18.5. The fourth-order valence-electron chi connectivity index (χ4n) is 2.52. The Hall–Kier alpha value is -2.82. The average molecular weight is 339 g/mol. The molecule has 2 rings (SSSR count). The molecule has 0 bridgehead atoms. The molecule has 25 heavy (non-hydrogen) atoms. The molecule has 0 radical (unpaired) electrons. The molecule has 0 fully saturated rings. The molecule has 0 aliphatic heterocycles. The summed E-state index contributed by atoms with van der Waals surface area (Å²) < 4.78 is 0. The summed E-state index contributed by atoms with van der Waals surface area (Å²) in [5, 5.41) is 8.83. The van der Waals surface area contributed by atoms with E-state index in [4.69, 9.17) is 0 Å². The first-order valence-electron chi connectivity index (χ1n) is 8.60. The second kappa shape index (κ2) is 10.1. The second-order valence-electron chi connectivity index (χ2n) is 5.82. The Bertz CT molecular complexity index is 686. The third kappa shape index (κ3) is 6.67. The van der Waals surface area contributed by atoms with E-state index in [0.29, 0.717) is 12.8 Å². The lowest BCUT2D eigenvalue weighted by atomic mass is 10.1. The molecule has 0 saturated carbocycles. The van der Waals surface area contributed by atoms with Gasteiger partial charge in [-0.25, -0.2) is 0 Å². The van der Waals surface area contributed by atoms with E-state index in [9.17, 15) is 9.59 Å². The summed E-state index contributed by atoms with van der Waals surface area (Å²) in [6.45, 7) is 0. The third-order valence-corrected chi connectivity index (χ3v) is 3.84. The van der Waals surface area contributed by atoms with Crippen molar-refractivity contribution in [3.63, 3.8) is 0 Å². The normalized spacial score (nSPS) is 10.1. The molecule has 0 unspecified atom stereocenters. The number of para-hydroxylation sites is 3. The van der Waals surface area contributed by atoms with Gasteiger partial charge >= 0.3 is 0 Å². The van der Waals surface area contributed by atoms with Gasteiger partial charge in [-0.05, 0) is 37.1 Å². The number of carbonyl (C=O) groups is 2. The number of anilines is 3. The van der Waals surface area contributed by atoms with Crippen LogP contribution >= 0.6 is 0 Å². The van der Waals surface area contributed by atoms with Crippen LogP contribution in [0.3, 0.4) is 0 Å². The van der Waals surface area contributed by atoms with E-state index >= 15 is 0 Å². The van der Waals surface area contributed by atoms with Crippen LogP contribution in [0.5, 0.6) is 0 Å². The lowest BCUT2D eigenvalue weighted by Crippen LogP contribution is -2.13. The van der Waals surface area contributed by atoms with Crippen LogP contribution in [0, 0.1) is 0 Å². The maximum atomic E-state index is 12.0. The van der Waals surface area contributed by atoms with Gasteiger partial charge in [0, 0.05) is 25.6 Å². The van der Waals surface area contributed by atoms with Crippen molar-refractivity contribution in [3.05, 3.63) is 54.6 Å². The Labute approximate surface area is 148 Å². The van der Waals surface area contributed by atoms with E-state index in [1.807, 2.05) is 61.6 Å². The Morgan fingerprint density at radius 1 is 0.720 bits per heavy atom. The van der Waals surface area contributed by atoms with Crippen LogP contribution in [-0.4, -0.2) is 18.9 Å². The van der Waals surface area contributed by atoms with Gasteiger partial charge in [0.1, 0.15) is 0 Å². The lowest BCUT2D eigenvalue weighted by molar-refractivity contribution is -0.116. The van der Waals surface area contributed by atoms with Crippen molar-refractivity contribution in [3.8, 4) is 0 Å². The zero-order valence-corrected chi connectivity index (χ0v) is 14.5. The van der Waals surface area contributed by atoms with E-state index in [1.165, 1.54) is 0 Å². The number of unbranched alkanes of at least 4 members (excludes halogenated alkanes) is 2. The summed E-state index contributed by atoms with van der Waals surface area (Å²) in [5.41, 5.74) is 2.50. The summed E-state index contributed by atoms with van der Waals surface area (Å²) in [4.78, 5) is 23.8. The van der Waals surface area contributed by atoms with E-state index in [-0.39, 0.29) is 11.8 Å². The smallest absolute Gasteiger partial charge is 0.224 e. The molecular formula is C20H25N3O2. The maximum Gasteiger partial charge on any atom is 0.224 e. The van der Waals surface area contributed by atoms with E-state index in [1.54, 1.807) is 0 Å². The minimum atomic E-state index is -0.00330. The van der Waals surface area contributed by atoms with Gasteiger partial charge in [-0.1, -0.05) is 36.8 Å². The number of hydrogen-bond acceptors (Lipinski definition) is 3. The highest BCUT2D eigenvalue weighted by atomic mass is 16.2. The third-order valence-electron chi connectivity index (χ3n) is 3.84. The fourth-order valence-corrected chi connectivity index (χ4v) is 2.52. The SMILES string of the molecule is CNc1ccccc1NC(=O)CCCCCC(=O)Nc1ccccc1. The minimum absolute atomic E-state index is 0.00330. The molecule has 2 aromatic rings. The second-order valence-corrected chi connectivity index (χ2v) is 5.82. The Balaban J connectivity index is 1.61. The lowest BCUT2D eigenvalue weighted by Gasteiger charge is -2.10. The van der Waals surface area contributed by atoms with Crippen LogP contribution in [0.1, 0.15) is 32.1 Å². The van der Waals surface area contributed by atoms with Gasteiger partial charge in [-0.3, -0.25) is 9.59 Å². The van der Waals surface area contributed by atoms with Crippen molar-refractivity contribution in [2.24, 2.45) is 0 Å². The van der Waals surface area contributed by atoms with E-state index in [2.05, 4.69) is 16.0 Å². The maximum absolute atomic E-state index is 12.0. The number of carbonyl (C=O) groups excluding carboxylic acids is 2. The van der Waals surface area contributed by atoms with Gasteiger partial charge in [0.2, 0.25) is 11.8 Å². The topological polar surface area (TPSA) is 70.2 Å². The summed E-state index contributed by atoms with van der Waals surface area (Å²) in [6.07, 6.45) is 3.33. The standard InChI is InChI=1S/C20H25N3O2/c1-21-17-12-8-9-13-18(17)23-20(25)15-7-3-6-14-19(24)22-16-10-4-2-5-11-16/h2,4-5,8-13,21H,3,6-7,14-15H2,1H3,(H,22,24)(H,23,25). The van der Waals surface area contributed by atoms with Gasteiger partial charge in [0.15, 0.2) is 0 Å². The highest BCUT2D eigenvalue weighted by molar-refractivity contribution is 5.94. The minimum Gasteiger partial charge on any atom is -0.386 e. The molecule has 5 nitrogen and oxygen atoms in total. The summed E-state index contributed by atoms with van der Waals surface area (Å²) >= 11 is 0. The fraction of sp³-hybridized carbons (Fsp3) is 0.300. The van der Waals surface area contributed by atoms with Gasteiger partial charge in [0.25, 0.3) is 0 Å². The van der Waals surface area contributed by atoms with Gasteiger partial charge < -0.3 is 16.0 Å². The van der Waals surface area contributed by atoms with Crippen molar-refractivity contribution in [2.75, 3.05) is 23.0 Å². The molecule has 2 aromatic carbocycles. The quantitative estimate of drug-likeness (QED) is 0.598. The summed E-state index contributed by atoms with van der Waals surface area (Å²) in [7, 11) is 1.82. The van der Waals surface area contributed by atoms with Crippen LogP contribution < -0.4 is 16.0 Å². The Morgan fingerprint density at radius 3 is 1.92 bits per heavy atom. The van der Waals surface area contributed by atoms with E-state index < -0.39 is 0 Å². The Morgan fingerprint density at radius 2 is 1.28 bits per heavy atom. The average Bonchev–Trinajstić information content (AvgIpc) is 2.62. The van der Waals surface area contributed by atoms with Crippen molar-refractivity contribution >= 4 is 28.9 Å². The zero-order valence-electron chi connectivity index (χ0n) is 14.5. The molecule has 0 spiro atoms. The molecule has 0 aliphatic carbocycles. The highest BCUT2D eigenvalue weighted by Gasteiger charge is 2.06. The van der Waals surface area contributed by atoms with Crippen molar-refractivity contribution in [2.45, 2.75) is 32.1 Å². The van der Waals surface area contributed by atoms with Gasteiger partial charge in [-0.2, -0.15) is 0 Å². The van der Waals surface area contributed by atoms with Crippen molar-refractivity contribution < 1.29 is 9.59 Å². The monoisotopic (exact) mass is 339 g/mol. The number of amides is 2. The molecule has 0 saturated heterocycles. The molecule has 0 heterocycles. The first-order valence-corrected chi connectivity index (χ1v) is 8.60. The van der Waals surface area contributed by atoms with Crippen LogP contribution in [0.4, 0.5) is 17.1 Å². The molecule has 132 valence electrons. The number of hydrogen-bond donors (Lipinski definition) is 3.